The summed E-state index contributed by atoms with van der Waals surface area (Å²) in [5, 5.41) is 8.60. The van der Waals surface area contributed by atoms with Gasteiger partial charge in [-0.25, -0.2) is 9.18 Å². The van der Waals surface area contributed by atoms with E-state index < -0.39 is 5.97 Å². The van der Waals surface area contributed by atoms with E-state index in [-0.39, 0.29) is 11.9 Å². The third kappa shape index (κ3) is 3.54. The Kier molecular flexibility index (Phi) is 4.16. The predicted molar refractivity (Wildman–Crippen MR) is 70.7 cm³/mol. The van der Waals surface area contributed by atoms with Gasteiger partial charge in [-0.3, -0.25) is 0 Å². The molecular weight excluding hydrogens is 249 g/mol. The number of carboxylic acids is 1. The van der Waals surface area contributed by atoms with Gasteiger partial charge in [-0.15, -0.1) is 0 Å². The smallest absolute Gasteiger partial charge is 0.328 e. The van der Waals surface area contributed by atoms with Crippen molar-refractivity contribution in [1.29, 1.82) is 0 Å². The molecule has 1 saturated heterocycles. The number of anilines is 1. The van der Waals surface area contributed by atoms with Gasteiger partial charge in [0.1, 0.15) is 5.82 Å². The third-order valence-electron chi connectivity index (χ3n) is 3.02. The second-order valence-electron chi connectivity index (χ2n) is 4.53. The highest BCUT2D eigenvalue weighted by Gasteiger charge is 2.19. The van der Waals surface area contributed by atoms with E-state index in [1.54, 1.807) is 6.07 Å². The lowest BCUT2D eigenvalue weighted by atomic mass is 10.1. The molecule has 0 spiro atoms. The SMILES string of the molecule is CC1COCCN1c1cc(F)cc(/C=C/C(=O)O)c1. The quantitative estimate of drug-likeness (QED) is 0.851. The lowest BCUT2D eigenvalue weighted by Crippen LogP contribution is -2.43. The van der Waals surface area contributed by atoms with Crippen molar-refractivity contribution in [1.82, 2.24) is 0 Å². The summed E-state index contributed by atoms with van der Waals surface area (Å²) >= 11 is 0. The molecule has 0 bridgehead atoms. The van der Waals surface area contributed by atoms with Crippen LogP contribution in [-0.2, 0) is 9.53 Å². The Bertz CT molecular complexity index is 501. The number of nitrogens with zero attached hydrogens (tertiary/aromatic N) is 1. The lowest BCUT2D eigenvalue weighted by Gasteiger charge is -2.35. The number of halogens is 1. The molecule has 102 valence electrons. The van der Waals surface area contributed by atoms with Gasteiger partial charge in [0.15, 0.2) is 0 Å². The Balaban J connectivity index is 2.27. The molecule has 0 amide bonds. The normalized spacial score (nSPS) is 19.9. The molecule has 19 heavy (non-hydrogen) atoms. The molecule has 0 radical (unpaired) electrons. The van der Waals surface area contributed by atoms with Crippen molar-refractivity contribution in [3.8, 4) is 0 Å². The van der Waals surface area contributed by atoms with Crippen LogP contribution in [0, 0.1) is 5.82 Å². The fourth-order valence-corrected chi connectivity index (χ4v) is 2.14. The average Bonchev–Trinajstić information content (AvgIpc) is 2.36. The lowest BCUT2D eigenvalue weighted by molar-refractivity contribution is -0.131. The molecule has 0 saturated carbocycles. The summed E-state index contributed by atoms with van der Waals surface area (Å²) in [5.74, 6) is -1.42. The van der Waals surface area contributed by atoms with Crippen LogP contribution in [0.25, 0.3) is 6.08 Å². The van der Waals surface area contributed by atoms with E-state index in [0.717, 1.165) is 11.8 Å². The number of ether oxygens (including phenoxy) is 1. The molecule has 4 nitrogen and oxygen atoms in total. The summed E-state index contributed by atoms with van der Waals surface area (Å²) in [6.45, 7) is 3.93. The van der Waals surface area contributed by atoms with Crippen LogP contribution in [0.1, 0.15) is 12.5 Å². The molecule has 1 aliphatic heterocycles. The Morgan fingerprint density at radius 3 is 3.00 bits per heavy atom. The Morgan fingerprint density at radius 2 is 2.32 bits per heavy atom. The maximum Gasteiger partial charge on any atom is 0.328 e. The molecule has 1 atom stereocenters. The van der Waals surface area contributed by atoms with Crippen molar-refractivity contribution in [2.45, 2.75) is 13.0 Å². The number of aliphatic carboxylic acids is 1. The maximum atomic E-state index is 13.6. The second kappa shape index (κ2) is 5.84. The first-order valence-corrected chi connectivity index (χ1v) is 6.12. The van der Waals surface area contributed by atoms with Crippen molar-refractivity contribution in [3.05, 3.63) is 35.7 Å². The van der Waals surface area contributed by atoms with Crippen LogP contribution < -0.4 is 4.90 Å². The minimum atomic E-state index is -1.05. The number of morpholine rings is 1. The first kappa shape index (κ1) is 13.5. The van der Waals surface area contributed by atoms with Crippen LogP contribution >= 0.6 is 0 Å². The number of rotatable bonds is 3. The molecule has 1 aliphatic rings. The maximum absolute atomic E-state index is 13.6. The van der Waals surface area contributed by atoms with Gasteiger partial charge in [0.05, 0.1) is 13.2 Å². The highest BCUT2D eigenvalue weighted by atomic mass is 19.1. The molecule has 1 N–H and O–H groups in total. The van der Waals surface area contributed by atoms with E-state index in [0.29, 0.717) is 25.3 Å². The molecule has 1 aromatic carbocycles. The van der Waals surface area contributed by atoms with Gasteiger partial charge in [0.25, 0.3) is 0 Å². The first-order valence-electron chi connectivity index (χ1n) is 6.12. The van der Waals surface area contributed by atoms with Gasteiger partial charge in [0.2, 0.25) is 0 Å². The monoisotopic (exact) mass is 265 g/mol. The molecule has 1 fully saturated rings. The summed E-state index contributed by atoms with van der Waals surface area (Å²) in [6.07, 6.45) is 2.39. The van der Waals surface area contributed by atoms with Crippen LogP contribution in [0.15, 0.2) is 24.3 Å². The van der Waals surface area contributed by atoms with Crippen molar-refractivity contribution in [2.75, 3.05) is 24.7 Å². The highest BCUT2D eigenvalue weighted by Crippen LogP contribution is 2.23. The topological polar surface area (TPSA) is 49.8 Å². The van der Waals surface area contributed by atoms with Gasteiger partial charge in [-0.2, -0.15) is 0 Å². The number of carbonyl (C=O) groups is 1. The Hall–Kier alpha value is -1.88. The van der Waals surface area contributed by atoms with Crippen molar-refractivity contribution >= 4 is 17.7 Å². The average molecular weight is 265 g/mol. The Morgan fingerprint density at radius 1 is 1.53 bits per heavy atom. The van der Waals surface area contributed by atoms with Crippen LogP contribution in [0.5, 0.6) is 0 Å². The Labute approximate surface area is 111 Å². The second-order valence-corrected chi connectivity index (χ2v) is 4.53. The minimum Gasteiger partial charge on any atom is -0.478 e. The molecule has 1 unspecified atom stereocenters. The van der Waals surface area contributed by atoms with Gasteiger partial charge in [-0.05, 0) is 36.8 Å². The van der Waals surface area contributed by atoms with E-state index in [1.807, 2.05) is 6.92 Å². The fourth-order valence-electron chi connectivity index (χ4n) is 2.14. The van der Waals surface area contributed by atoms with Gasteiger partial charge >= 0.3 is 5.97 Å². The highest BCUT2D eigenvalue weighted by molar-refractivity contribution is 5.85. The summed E-state index contributed by atoms with van der Waals surface area (Å²) in [5.41, 5.74) is 1.29. The molecule has 1 aromatic rings. The van der Waals surface area contributed by atoms with Crippen LogP contribution in [0.4, 0.5) is 10.1 Å². The van der Waals surface area contributed by atoms with E-state index >= 15 is 0 Å². The summed E-state index contributed by atoms with van der Waals surface area (Å²) in [4.78, 5) is 12.5. The van der Waals surface area contributed by atoms with Crippen molar-refractivity contribution in [3.63, 3.8) is 0 Å². The van der Waals surface area contributed by atoms with Crippen LogP contribution in [0.2, 0.25) is 0 Å². The van der Waals surface area contributed by atoms with E-state index in [1.165, 1.54) is 18.2 Å². The third-order valence-corrected chi connectivity index (χ3v) is 3.02. The van der Waals surface area contributed by atoms with Crippen LogP contribution in [0.3, 0.4) is 0 Å². The van der Waals surface area contributed by atoms with Gasteiger partial charge in [0, 0.05) is 24.4 Å². The first-order chi connectivity index (χ1) is 9.06. The molecule has 0 aliphatic carbocycles. The van der Waals surface area contributed by atoms with Crippen molar-refractivity contribution < 1.29 is 19.0 Å². The number of carboxylic acid groups (broad SMARTS) is 1. The molecule has 2 rings (SSSR count). The van der Waals surface area contributed by atoms with Crippen LogP contribution in [-0.4, -0.2) is 36.9 Å². The zero-order valence-corrected chi connectivity index (χ0v) is 10.7. The van der Waals surface area contributed by atoms with Gasteiger partial charge in [-0.1, -0.05) is 0 Å². The minimum absolute atomic E-state index is 0.173. The predicted octanol–water partition coefficient (Wildman–Crippen LogP) is 2.15. The zero-order valence-electron chi connectivity index (χ0n) is 10.7. The largest absolute Gasteiger partial charge is 0.478 e. The molecular formula is C14H16FNO3. The van der Waals surface area contributed by atoms with E-state index in [4.69, 9.17) is 9.84 Å². The standard InChI is InChI=1S/C14H16FNO3/c1-10-9-19-5-4-16(10)13-7-11(2-3-14(17)18)6-12(15)8-13/h2-3,6-8,10H,4-5,9H2,1H3,(H,17,18)/b3-2+. The van der Waals surface area contributed by atoms with E-state index in [2.05, 4.69) is 4.90 Å². The summed E-state index contributed by atoms with van der Waals surface area (Å²) in [7, 11) is 0. The number of hydrogen-bond donors (Lipinski definition) is 1. The fraction of sp³-hybridized carbons (Fsp3) is 0.357. The number of hydrogen-bond acceptors (Lipinski definition) is 3. The van der Waals surface area contributed by atoms with E-state index in [9.17, 15) is 9.18 Å². The molecule has 1 heterocycles. The molecule has 5 heteroatoms. The number of benzene rings is 1. The summed E-state index contributed by atoms with van der Waals surface area (Å²) in [6, 6.07) is 4.73. The zero-order chi connectivity index (χ0) is 13.8. The van der Waals surface area contributed by atoms with Crippen molar-refractivity contribution in [2.24, 2.45) is 0 Å². The summed E-state index contributed by atoms with van der Waals surface area (Å²) < 4.78 is 18.9. The van der Waals surface area contributed by atoms with Gasteiger partial charge < -0.3 is 14.7 Å². The molecule has 0 aromatic heterocycles.